The molecular weight excluding hydrogens is 601 g/mol. The fourth-order valence-electron chi connectivity index (χ4n) is 3.64. The molecule has 0 radical (unpaired) electrons. The van der Waals surface area contributed by atoms with E-state index in [1.54, 1.807) is 98.7 Å². The molecule has 0 aliphatic heterocycles. The molecule has 2 aromatic carbocycles. The van der Waals surface area contributed by atoms with Crippen molar-refractivity contribution in [3.8, 4) is 5.75 Å². The van der Waals surface area contributed by atoms with Crippen molar-refractivity contribution in [2.24, 2.45) is 0 Å². The van der Waals surface area contributed by atoms with Gasteiger partial charge in [-0.3, -0.25) is 4.79 Å². The first kappa shape index (κ1) is 39.7. The van der Waals surface area contributed by atoms with E-state index in [0.717, 1.165) is 5.56 Å². The van der Waals surface area contributed by atoms with Gasteiger partial charge >= 0.3 is 24.4 Å². The predicted molar refractivity (Wildman–Crippen MR) is 169 cm³/mol. The number of hydrogen-bond donors (Lipinski definition) is 0. The van der Waals surface area contributed by atoms with Crippen molar-refractivity contribution in [2.45, 2.75) is 98.5 Å². The van der Waals surface area contributed by atoms with Gasteiger partial charge in [0.2, 0.25) is 0 Å². The average Bonchev–Trinajstić information content (AvgIpc) is 2.89. The molecule has 0 fully saturated rings. The highest BCUT2D eigenvalue weighted by molar-refractivity contribution is 5.77. The number of carbonyl (C=O) groups is 4. The summed E-state index contributed by atoms with van der Waals surface area (Å²) >= 11 is 0. The van der Waals surface area contributed by atoms with E-state index in [9.17, 15) is 23.6 Å². The van der Waals surface area contributed by atoms with Crippen molar-refractivity contribution < 1.29 is 52.0 Å². The third-order valence-corrected chi connectivity index (χ3v) is 5.49. The molecule has 0 atom stereocenters. The summed E-state index contributed by atoms with van der Waals surface area (Å²) < 4.78 is 43.6. The van der Waals surface area contributed by atoms with Gasteiger partial charge in [0.1, 0.15) is 28.4 Å². The number of halogens is 1. The lowest BCUT2D eigenvalue weighted by molar-refractivity contribution is -0.139. The van der Waals surface area contributed by atoms with Crippen molar-refractivity contribution in [3.05, 3.63) is 65.0 Å². The van der Waals surface area contributed by atoms with E-state index in [4.69, 9.17) is 23.7 Å². The van der Waals surface area contributed by atoms with Crippen LogP contribution in [0.5, 0.6) is 5.75 Å². The summed E-state index contributed by atoms with van der Waals surface area (Å²) in [4.78, 5) is 48.1. The average molecular weight is 650 g/mol. The number of hydrogen-bond acceptors (Lipinski definition) is 10. The molecule has 0 aromatic heterocycles. The first-order valence-corrected chi connectivity index (χ1v) is 14.7. The maximum atomic E-state index is 14.1. The van der Waals surface area contributed by atoms with Crippen molar-refractivity contribution >= 4 is 24.4 Å². The summed E-state index contributed by atoms with van der Waals surface area (Å²) in [6.07, 6.45) is -2.19. The summed E-state index contributed by atoms with van der Waals surface area (Å²) in [6.45, 7) is 15.8. The molecule has 0 bridgehead atoms. The van der Waals surface area contributed by atoms with Gasteiger partial charge in [0.15, 0.2) is 0 Å². The fourth-order valence-corrected chi connectivity index (χ4v) is 3.64. The Morgan fingerprint density at radius 1 is 0.739 bits per heavy atom. The predicted octanol–water partition coefficient (Wildman–Crippen LogP) is 7.40. The normalized spacial score (nSPS) is 11.3. The van der Waals surface area contributed by atoms with Crippen LogP contribution in [-0.4, -0.2) is 66.8 Å². The first-order chi connectivity index (χ1) is 21.1. The van der Waals surface area contributed by atoms with E-state index in [0.29, 0.717) is 23.3 Å². The SMILES string of the molecule is CC(C)(C)OC(=O)OC(=O)OC(C)(C)C.COC(=O)Cc1ccc(OC)c(CN(CCc2ccccc2F)C(=O)OC(C)(C)C)c1. The van der Waals surface area contributed by atoms with E-state index in [1.807, 2.05) is 0 Å². The second-order valence-electron chi connectivity index (χ2n) is 13.2. The number of benzene rings is 2. The van der Waals surface area contributed by atoms with Crippen LogP contribution in [0.1, 0.15) is 79.0 Å². The highest BCUT2D eigenvalue weighted by Crippen LogP contribution is 2.24. The molecule has 0 aliphatic rings. The Morgan fingerprint density at radius 3 is 1.76 bits per heavy atom. The number of ether oxygens (including phenoxy) is 6. The summed E-state index contributed by atoms with van der Waals surface area (Å²) in [5.74, 6) is -0.1000. The third kappa shape index (κ3) is 16.6. The van der Waals surface area contributed by atoms with E-state index >= 15 is 0 Å². The lowest BCUT2D eigenvalue weighted by Gasteiger charge is -2.28. The lowest BCUT2D eigenvalue weighted by Crippen LogP contribution is -2.37. The zero-order chi connectivity index (χ0) is 35.3. The second-order valence-corrected chi connectivity index (χ2v) is 13.2. The number of methoxy groups -OCH3 is 2. The minimum atomic E-state index is -1.06. The van der Waals surface area contributed by atoms with Crippen LogP contribution in [0.3, 0.4) is 0 Å². The summed E-state index contributed by atoms with van der Waals surface area (Å²) in [6, 6.07) is 11.8. The molecule has 0 heterocycles. The second kappa shape index (κ2) is 17.4. The molecule has 0 saturated carbocycles. The molecular formula is C34H48FNO10. The number of esters is 1. The van der Waals surface area contributed by atoms with Crippen LogP contribution in [-0.2, 0) is 47.9 Å². The van der Waals surface area contributed by atoms with Gasteiger partial charge in [-0.25, -0.2) is 18.8 Å². The van der Waals surface area contributed by atoms with Gasteiger partial charge in [-0.2, -0.15) is 0 Å². The van der Waals surface area contributed by atoms with Gasteiger partial charge in [-0.1, -0.05) is 24.3 Å². The van der Waals surface area contributed by atoms with Crippen molar-refractivity contribution in [2.75, 3.05) is 20.8 Å². The van der Waals surface area contributed by atoms with Crippen LogP contribution < -0.4 is 4.74 Å². The number of carbonyl (C=O) groups excluding carboxylic acids is 4. The fraction of sp³-hybridized carbons (Fsp3) is 0.529. The summed E-state index contributed by atoms with van der Waals surface area (Å²) in [5, 5.41) is 0. The Bertz CT molecular complexity index is 1300. The Hall–Kier alpha value is -4.35. The molecule has 2 rings (SSSR count). The lowest BCUT2D eigenvalue weighted by atomic mass is 10.1. The molecule has 0 unspecified atom stereocenters. The van der Waals surface area contributed by atoms with Crippen LogP contribution in [0.2, 0.25) is 0 Å². The van der Waals surface area contributed by atoms with Gasteiger partial charge in [0.05, 0.1) is 27.2 Å². The molecule has 11 nitrogen and oxygen atoms in total. The van der Waals surface area contributed by atoms with Crippen LogP contribution in [0, 0.1) is 5.82 Å². The first-order valence-electron chi connectivity index (χ1n) is 14.7. The smallest absolute Gasteiger partial charge is 0.496 e. The Labute approximate surface area is 271 Å². The molecule has 46 heavy (non-hydrogen) atoms. The molecule has 2 aromatic rings. The van der Waals surface area contributed by atoms with E-state index < -0.39 is 35.2 Å². The Morgan fingerprint density at radius 2 is 1.28 bits per heavy atom. The highest BCUT2D eigenvalue weighted by Gasteiger charge is 2.25. The van der Waals surface area contributed by atoms with Crippen LogP contribution in [0.4, 0.5) is 18.8 Å². The van der Waals surface area contributed by atoms with Gasteiger partial charge < -0.3 is 33.3 Å². The van der Waals surface area contributed by atoms with Gasteiger partial charge in [0.25, 0.3) is 0 Å². The van der Waals surface area contributed by atoms with Crippen LogP contribution in [0.25, 0.3) is 0 Å². The van der Waals surface area contributed by atoms with Crippen molar-refractivity contribution in [3.63, 3.8) is 0 Å². The van der Waals surface area contributed by atoms with Gasteiger partial charge in [-0.15, -0.1) is 0 Å². The molecule has 12 heteroatoms. The largest absolute Gasteiger partial charge is 0.519 e. The Kier molecular flexibility index (Phi) is 15.0. The minimum Gasteiger partial charge on any atom is -0.496 e. The molecule has 1 amide bonds. The Balaban J connectivity index is 0.000000595. The zero-order valence-electron chi connectivity index (χ0n) is 28.8. The van der Waals surface area contributed by atoms with Crippen molar-refractivity contribution in [1.82, 2.24) is 4.90 Å². The summed E-state index contributed by atoms with van der Waals surface area (Å²) in [5.41, 5.74) is -0.103. The molecule has 0 N–H and O–H groups in total. The number of amides is 1. The quantitative estimate of drug-likeness (QED) is 0.162. The summed E-state index contributed by atoms with van der Waals surface area (Å²) in [7, 11) is 2.87. The molecule has 0 saturated heterocycles. The minimum absolute atomic E-state index is 0.106. The van der Waals surface area contributed by atoms with E-state index in [2.05, 4.69) is 4.74 Å². The standard InChI is InChI=1S/C24H30FNO5.C10H18O5/c1-24(2,3)31-23(28)26(13-12-18-8-6-7-9-20(18)25)16-19-14-17(15-22(27)30-5)10-11-21(19)29-4;1-9(2,3)14-7(11)13-8(12)15-10(4,5)6/h6-11,14H,12-13,15-16H2,1-5H3;1-6H3. The maximum absolute atomic E-state index is 14.1. The van der Waals surface area contributed by atoms with E-state index in [1.165, 1.54) is 25.2 Å². The zero-order valence-corrected chi connectivity index (χ0v) is 28.8. The monoisotopic (exact) mass is 649 g/mol. The molecule has 256 valence electrons. The van der Waals surface area contributed by atoms with Gasteiger partial charge in [0, 0.05) is 12.1 Å². The van der Waals surface area contributed by atoms with Gasteiger partial charge in [-0.05, 0) is 98.1 Å². The maximum Gasteiger partial charge on any atom is 0.519 e. The highest BCUT2D eigenvalue weighted by atomic mass is 19.1. The molecule has 0 aliphatic carbocycles. The van der Waals surface area contributed by atoms with E-state index in [-0.39, 0.29) is 31.3 Å². The third-order valence-electron chi connectivity index (χ3n) is 5.49. The number of rotatable bonds is 8. The van der Waals surface area contributed by atoms with Crippen LogP contribution >= 0.6 is 0 Å². The number of nitrogens with zero attached hydrogens (tertiary/aromatic N) is 1. The molecule has 0 spiro atoms. The topological polar surface area (TPSA) is 127 Å². The van der Waals surface area contributed by atoms with Crippen molar-refractivity contribution in [1.29, 1.82) is 0 Å². The van der Waals surface area contributed by atoms with Crippen LogP contribution in [0.15, 0.2) is 42.5 Å².